The first-order valence-corrected chi connectivity index (χ1v) is 8.50. The number of hydrogen-bond acceptors (Lipinski definition) is 3. The molecular formula is C19H25N3O2. The van der Waals surface area contributed by atoms with E-state index < -0.39 is 0 Å². The van der Waals surface area contributed by atoms with E-state index in [1.807, 2.05) is 36.1 Å². The molecule has 1 aliphatic heterocycles. The van der Waals surface area contributed by atoms with E-state index in [1.54, 1.807) is 7.11 Å². The van der Waals surface area contributed by atoms with Gasteiger partial charge in [-0.25, -0.2) is 0 Å². The first kappa shape index (κ1) is 16.6. The van der Waals surface area contributed by atoms with Crippen molar-refractivity contribution in [3.63, 3.8) is 0 Å². The van der Waals surface area contributed by atoms with Crippen LogP contribution < -0.4 is 4.74 Å². The van der Waals surface area contributed by atoms with Gasteiger partial charge in [-0.3, -0.25) is 9.48 Å². The van der Waals surface area contributed by atoms with Crippen molar-refractivity contribution < 1.29 is 9.53 Å². The molecule has 1 aliphatic rings. The molecule has 1 amide bonds. The van der Waals surface area contributed by atoms with Crippen molar-refractivity contribution in [2.45, 2.75) is 39.2 Å². The topological polar surface area (TPSA) is 47.4 Å². The van der Waals surface area contributed by atoms with Gasteiger partial charge in [0.2, 0.25) is 5.91 Å². The van der Waals surface area contributed by atoms with Crippen molar-refractivity contribution in [1.29, 1.82) is 0 Å². The Kier molecular flexibility index (Phi) is 4.88. The maximum Gasteiger partial charge on any atom is 0.227 e. The van der Waals surface area contributed by atoms with Crippen LogP contribution >= 0.6 is 0 Å². The second kappa shape index (κ2) is 7.07. The lowest BCUT2D eigenvalue weighted by atomic mass is 10.0. The molecule has 3 rings (SSSR count). The molecule has 0 saturated carbocycles. The van der Waals surface area contributed by atoms with Gasteiger partial charge in [0.25, 0.3) is 0 Å². The molecule has 0 aliphatic carbocycles. The van der Waals surface area contributed by atoms with Crippen LogP contribution in [-0.4, -0.2) is 40.8 Å². The number of carbonyl (C=O) groups excluding carboxylic acids is 1. The molecule has 0 radical (unpaired) electrons. The van der Waals surface area contributed by atoms with Crippen LogP contribution in [-0.2, 0) is 11.2 Å². The third-order valence-electron chi connectivity index (χ3n) is 4.65. The third kappa shape index (κ3) is 3.61. The molecule has 2 aromatic rings. The molecule has 1 aromatic heterocycles. The zero-order valence-corrected chi connectivity index (χ0v) is 14.7. The molecule has 0 bridgehead atoms. The Labute approximate surface area is 143 Å². The molecule has 24 heavy (non-hydrogen) atoms. The molecule has 1 aromatic carbocycles. The van der Waals surface area contributed by atoms with E-state index in [9.17, 15) is 4.79 Å². The van der Waals surface area contributed by atoms with Crippen LogP contribution in [0.25, 0.3) is 0 Å². The Bertz CT molecular complexity index is 706. The minimum absolute atomic E-state index is 0.186. The largest absolute Gasteiger partial charge is 0.497 e. The number of aromatic nitrogens is 2. The fourth-order valence-electron chi connectivity index (χ4n) is 3.43. The van der Waals surface area contributed by atoms with E-state index in [4.69, 9.17) is 4.74 Å². The SMILES string of the molecule is COc1ccc(CC(=O)N2CCC[C@H](n3nc(C)cc3C)C2)cc1. The minimum Gasteiger partial charge on any atom is -0.497 e. The summed E-state index contributed by atoms with van der Waals surface area (Å²) in [7, 11) is 1.65. The van der Waals surface area contributed by atoms with Crippen LogP contribution in [0.5, 0.6) is 5.75 Å². The first-order chi connectivity index (χ1) is 11.6. The van der Waals surface area contributed by atoms with Crippen molar-refractivity contribution in [2.24, 2.45) is 0 Å². The summed E-state index contributed by atoms with van der Waals surface area (Å²) in [4.78, 5) is 14.6. The number of amides is 1. The molecule has 1 atom stereocenters. The maximum atomic E-state index is 12.7. The standard InChI is InChI=1S/C19H25N3O2/c1-14-11-15(2)22(20-14)17-5-4-10-21(13-17)19(23)12-16-6-8-18(24-3)9-7-16/h6-9,11,17H,4-5,10,12-13H2,1-3H3/t17-/m0/s1. The number of hydrogen-bond donors (Lipinski definition) is 0. The highest BCUT2D eigenvalue weighted by atomic mass is 16.5. The average molecular weight is 327 g/mol. The smallest absolute Gasteiger partial charge is 0.227 e. The van der Waals surface area contributed by atoms with E-state index >= 15 is 0 Å². The molecule has 128 valence electrons. The van der Waals surface area contributed by atoms with Crippen LogP contribution in [0.4, 0.5) is 0 Å². The Morgan fingerprint density at radius 3 is 2.67 bits per heavy atom. The highest BCUT2D eigenvalue weighted by Crippen LogP contribution is 2.23. The van der Waals surface area contributed by atoms with Gasteiger partial charge in [-0.2, -0.15) is 5.10 Å². The van der Waals surface area contributed by atoms with Gasteiger partial charge in [-0.05, 0) is 50.5 Å². The normalized spacial score (nSPS) is 17.8. The van der Waals surface area contributed by atoms with Gasteiger partial charge in [0, 0.05) is 18.8 Å². The van der Waals surface area contributed by atoms with Crippen molar-refractivity contribution in [2.75, 3.05) is 20.2 Å². The van der Waals surface area contributed by atoms with Crippen LogP contribution in [0.1, 0.15) is 35.8 Å². The molecule has 5 heteroatoms. The van der Waals surface area contributed by atoms with Crippen LogP contribution in [0.15, 0.2) is 30.3 Å². The maximum absolute atomic E-state index is 12.7. The van der Waals surface area contributed by atoms with Crippen LogP contribution in [0, 0.1) is 13.8 Å². The number of methoxy groups -OCH3 is 1. The summed E-state index contributed by atoms with van der Waals surface area (Å²) in [6.45, 7) is 5.68. The van der Waals surface area contributed by atoms with E-state index in [0.717, 1.165) is 42.9 Å². The van der Waals surface area contributed by atoms with Gasteiger partial charge in [-0.15, -0.1) is 0 Å². The molecule has 1 fully saturated rings. The second-order valence-corrected chi connectivity index (χ2v) is 6.53. The molecule has 1 saturated heterocycles. The minimum atomic E-state index is 0.186. The summed E-state index contributed by atoms with van der Waals surface area (Å²) >= 11 is 0. The van der Waals surface area contributed by atoms with Gasteiger partial charge in [0.05, 0.1) is 25.3 Å². The number of likely N-dealkylation sites (tertiary alicyclic amines) is 1. The zero-order chi connectivity index (χ0) is 17.1. The van der Waals surface area contributed by atoms with Gasteiger partial charge in [0.15, 0.2) is 0 Å². The van der Waals surface area contributed by atoms with Crippen LogP contribution in [0.3, 0.4) is 0 Å². The van der Waals surface area contributed by atoms with Gasteiger partial charge >= 0.3 is 0 Å². The molecule has 2 heterocycles. The summed E-state index contributed by atoms with van der Waals surface area (Å²) < 4.78 is 7.25. The second-order valence-electron chi connectivity index (χ2n) is 6.53. The summed E-state index contributed by atoms with van der Waals surface area (Å²) in [5.41, 5.74) is 3.23. The Hall–Kier alpha value is -2.30. The van der Waals surface area contributed by atoms with Crippen LogP contribution in [0.2, 0.25) is 0 Å². The molecule has 0 unspecified atom stereocenters. The number of piperidine rings is 1. The van der Waals surface area contributed by atoms with Crippen molar-refractivity contribution >= 4 is 5.91 Å². The predicted octanol–water partition coefficient (Wildman–Crippen LogP) is 2.91. The number of rotatable bonds is 4. The van der Waals surface area contributed by atoms with Gasteiger partial charge < -0.3 is 9.64 Å². The number of nitrogens with zero attached hydrogens (tertiary/aromatic N) is 3. The predicted molar refractivity (Wildman–Crippen MR) is 93.3 cm³/mol. The van der Waals surface area contributed by atoms with Gasteiger partial charge in [0.1, 0.15) is 5.75 Å². The van der Waals surface area contributed by atoms with Crippen molar-refractivity contribution in [3.8, 4) is 5.75 Å². The van der Waals surface area contributed by atoms with E-state index in [-0.39, 0.29) is 11.9 Å². The highest BCUT2D eigenvalue weighted by molar-refractivity contribution is 5.79. The lowest BCUT2D eigenvalue weighted by Crippen LogP contribution is -2.41. The fourth-order valence-corrected chi connectivity index (χ4v) is 3.43. The first-order valence-electron chi connectivity index (χ1n) is 8.50. The molecule has 0 spiro atoms. The Balaban J connectivity index is 1.65. The Morgan fingerprint density at radius 2 is 2.04 bits per heavy atom. The number of benzene rings is 1. The zero-order valence-electron chi connectivity index (χ0n) is 14.7. The van der Waals surface area contributed by atoms with E-state index in [2.05, 4.69) is 22.8 Å². The van der Waals surface area contributed by atoms with E-state index in [0.29, 0.717) is 6.42 Å². The highest BCUT2D eigenvalue weighted by Gasteiger charge is 2.26. The lowest BCUT2D eigenvalue weighted by Gasteiger charge is -2.33. The van der Waals surface area contributed by atoms with E-state index in [1.165, 1.54) is 5.69 Å². The molecule has 5 nitrogen and oxygen atoms in total. The number of ether oxygens (including phenoxy) is 1. The van der Waals surface area contributed by atoms with Crippen molar-refractivity contribution in [1.82, 2.24) is 14.7 Å². The van der Waals surface area contributed by atoms with Crippen molar-refractivity contribution in [3.05, 3.63) is 47.3 Å². The monoisotopic (exact) mass is 327 g/mol. The number of carbonyl (C=O) groups is 1. The average Bonchev–Trinajstić information content (AvgIpc) is 2.94. The third-order valence-corrected chi connectivity index (χ3v) is 4.65. The summed E-state index contributed by atoms with van der Waals surface area (Å²) in [6, 6.07) is 10.1. The molecule has 0 N–H and O–H groups in total. The summed E-state index contributed by atoms with van der Waals surface area (Å²) in [6.07, 6.45) is 2.54. The Morgan fingerprint density at radius 1 is 1.29 bits per heavy atom. The quantitative estimate of drug-likeness (QED) is 0.867. The number of aryl methyl sites for hydroxylation is 2. The summed E-state index contributed by atoms with van der Waals surface area (Å²) in [5, 5.41) is 4.60. The molecular weight excluding hydrogens is 302 g/mol. The van der Waals surface area contributed by atoms with Gasteiger partial charge in [-0.1, -0.05) is 12.1 Å². The summed E-state index contributed by atoms with van der Waals surface area (Å²) in [5.74, 6) is 1.00. The lowest BCUT2D eigenvalue weighted by molar-refractivity contribution is -0.132. The fraction of sp³-hybridized carbons (Fsp3) is 0.474.